The molecular weight excluding hydrogens is 742 g/mol. The number of benzene rings is 4. The average Bonchev–Trinajstić information content (AvgIpc) is 3.51. The molecule has 1 aliphatic heterocycles. The van der Waals surface area contributed by atoms with Crippen molar-refractivity contribution in [2.24, 2.45) is 5.10 Å². The molecule has 0 amide bonds. The molecular formula is C44H52BrN5O4. The number of ether oxygens (including phenoxy) is 3. The molecule has 1 aliphatic rings. The number of esters is 1. The highest BCUT2D eigenvalue weighted by Crippen LogP contribution is 2.35. The Kier molecular flexibility index (Phi) is 13.7. The normalized spacial score (nSPS) is 13.3. The van der Waals surface area contributed by atoms with Crippen molar-refractivity contribution in [3.63, 3.8) is 0 Å². The minimum atomic E-state index is -0.315. The molecule has 0 radical (unpaired) electrons. The second-order valence-electron chi connectivity index (χ2n) is 13.5. The minimum absolute atomic E-state index is 0.289. The SMILES string of the molecule is C=C(/C(C)=N\N(C)CCBr)c1cccc2c(CCCOc3cccc4ccccc34)c(C(=O)OCC)n(CCCNc3ccc(N4CCOCC4)cc3)c12. The van der Waals surface area contributed by atoms with Crippen LogP contribution in [0.1, 0.15) is 48.3 Å². The van der Waals surface area contributed by atoms with Gasteiger partial charge in [-0.05, 0) is 80.0 Å². The number of hydrazone groups is 1. The van der Waals surface area contributed by atoms with E-state index in [4.69, 9.17) is 19.3 Å². The number of morpholine rings is 1. The number of alkyl halides is 1. The van der Waals surface area contributed by atoms with Crippen LogP contribution in [-0.4, -0.2) is 86.2 Å². The van der Waals surface area contributed by atoms with Gasteiger partial charge >= 0.3 is 5.97 Å². The van der Waals surface area contributed by atoms with E-state index in [1.54, 1.807) is 0 Å². The largest absolute Gasteiger partial charge is 0.493 e. The van der Waals surface area contributed by atoms with Gasteiger partial charge < -0.3 is 29.0 Å². The Morgan fingerprint density at radius 3 is 2.50 bits per heavy atom. The van der Waals surface area contributed by atoms with Gasteiger partial charge in [0.2, 0.25) is 0 Å². The fourth-order valence-corrected chi connectivity index (χ4v) is 7.66. The van der Waals surface area contributed by atoms with Crippen LogP contribution >= 0.6 is 15.9 Å². The summed E-state index contributed by atoms with van der Waals surface area (Å²) in [4.78, 5) is 16.3. The average molecular weight is 795 g/mol. The molecule has 284 valence electrons. The molecule has 0 bridgehead atoms. The van der Waals surface area contributed by atoms with Gasteiger partial charge in [0.25, 0.3) is 0 Å². The van der Waals surface area contributed by atoms with Crippen LogP contribution in [-0.2, 0) is 22.4 Å². The molecule has 9 nitrogen and oxygen atoms in total. The molecule has 1 aromatic heterocycles. The van der Waals surface area contributed by atoms with E-state index in [1.807, 2.05) is 50.2 Å². The fraction of sp³-hybridized carbons (Fsp3) is 0.364. The van der Waals surface area contributed by atoms with Crippen LogP contribution in [0.15, 0.2) is 96.6 Å². The van der Waals surface area contributed by atoms with Crippen molar-refractivity contribution in [1.29, 1.82) is 0 Å². The predicted octanol–water partition coefficient (Wildman–Crippen LogP) is 9.04. The second kappa shape index (κ2) is 19.0. The first-order chi connectivity index (χ1) is 26.4. The molecule has 54 heavy (non-hydrogen) atoms. The maximum atomic E-state index is 13.9. The number of rotatable bonds is 18. The number of para-hydroxylation sites is 1. The number of aromatic nitrogens is 1. The van der Waals surface area contributed by atoms with Crippen molar-refractivity contribution in [3.8, 4) is 5.75 Å². The molecule has 0 spiro atoms. The number of carbonyl (C=O) groups is 1. The van der Waals surface area contributed by atoms with Crippen molar-refractivity contribution >= 4 is 66.2 Å². The highest BCUT2D eigenvalue weighted by Gasteiger charge is 2.26. The van der Waals surface area contributed by atoms with Crippen molar-refractivity contribution < 1.29 is 19.0 Å². The summed E-state index contributed by atoms with van der Waals surface area (Å²) in [6, 6.07) is 29.2. The number of fused-ring (bicyclic) bond motifs is 2. The zero-order valence-corrected chi connectivity index (χ0v) is 33.4. The number of carbonyl (C=O) groups excluding carboxylic acids is 1. The zero-order chi connectivity index (χ0) is 37.9. The summed E-state index contributed by atoms with van der Waals surface area (Å²) < 4.78 is 19.8. The number of anilines is 2. The Morgan fingerprint density at radius 2 is 1.72 bits per heavy atom. The van der Waals surface area contributed by atoms with Gasteiger partial charge in [-0.3, -0.25) is 5.01 Å². The molecule has 0 aliphatic carbocycles. The molecule has 6 rings (SSSR count). The second-order valence-corrected chi connectivity index (χ2v) is 14.3. The highest BCUT2D eigenvalue weighted by molar-refractivity contribution is 9.09. The molecule has 0 saturated carbocycles. The summed E-state index contributed by atoms with van der Waals surface area (Å²) in [5.41, 5.74) is 7.41. The van der Waals surface area contributed by atoms with E-state index < -0.39 is 0 Å². The fourth-order valence-electron chi connectivity index (χ4n) is 7.15. The van der Waals surface area contributed by atoms with Gasteiger partial charge in [0.05, 0.1) is 37.7 Å². The number of hydrogen-bond acceptors (Lipinski definition) is 8. The summed E-state index contributed by atoms with van der Waals surface area (Å²) in [6.07, 6.45) is 2.15. The van der Waals surface area contributed by atoms with Crippen LogP contribution in [0.5, 0.6) is 5.75 Å². The third-order valence-corrected chi connectivity index (χ3v) is 10.2. The van der Waals surface area contributed by atoms with E-state index in [0.29, 0.717) is 25.3 Å². The summed E-state index contributed by atoms with van der Waals surface area (Å²) >= 11 is 3.51. The van der Waals surface area contributed by atoms with E-state index in [2.05, 4.69) is 98.0 Å². The van der Waals surface area contributed by atoms with Gasteiger partial charge in [-0.25, -0.2) is 4.79 Å². The van der Waals surface area contributed by atoms with E-state index in [9.17, 15) is 4.79 Å². The quantitative estimate of drug-likeness (QED) is 0.0312. The molecule has 1 saturated heterocycles. The molecule has 10 heteroatoms. The molecule has 4 aromatic carbocycles. The van der Waals surface area contributed by atoms with Gasteiger partial charge in [0.15, 0.2) is 0 Å². The van der Waals surface area contributed by atoms with Crippen LogP contribution in [0, 0.1) is 0 Å². The van der Waals surface area contributed by atoms with E-state index >= 15 is 0 Å². The molecule has 0 unspecified atom stereocenters. The lowest BCUT2D eigenvalue weighted by molar-refractivity contribution is 0.0512. The van der Waals surface area contributed by atoms with Crippen molar-refractivity contribution in [1.82, 2.24) is 9.58 Å². The van der Waals surface area contributed by atoms with E-state index in [-0.39, 0.29) is 12.6 Å². The van der Waals surface area contributed by atoms with Gasteiger partial charge in [0.1, 0.15) is 11.4 Å². The van der Waals surface area contributed by atoms with Crippen LogP contribution in [0.4, 0.5) is 11.4 Å². The summed E-state index contributed by atoms with van der Waals surface area (Å²) in [6.45, 7) is 14.6. The third-order valence-electron chi connectivity index (χ3n) is 9.86. The monoisotopic (exact) mass is 793 g/mol. The Morgan fingerprint density at radius 1 is 0.981 bits per heavy atom. The first kappa shape index (κ1) is 38.9. The summed E-state index contributed by atoms with van der Waals surface area (Å²) in [5, 5.41) is 14.4. The number of nitrogens with one attached hydrogen (secondary N) is 1. The highest BCUT2D eigenvalue weighted by atomic mass is 79.9. The summed E-state index contributed by atoms with van der Waals surface area (Å²) in [5.74, 6) is 0.548. The topological polar surface area (TPSA) is 80.6 Å². The smallest absolute Gasteiger partial charge is 0.355 e. The standard InChI is InChI=1S/C44H52BrN5O4/c1-5-53-44(51)43-40(17-10-29-54-41-18-8-13-34-12-6-7-14-38(34)41)39-16-9-15-37(32(2)33(3)47-48(4)26-23-45)42(39)50(43)25-11-24-46-35-19-21-36(22-20-35)49-27-30-52-31-28-49/h6-9,12-16,18-22,46H,2,5,10-11,17,23-31H2,1,3-4H3/b47-33-. The maximum absolute atomic E-state index is 13.9. The van der Waals surface area contributed by atoms with Crippen LogP contribution in [0.3, 0.4) is 0 Å². The Labute approximate surface area is 327 Å². The van der Waals surface area contributed by atoms with Gasteiger partial charge in [-0.15, -0.1) is 0 Å². The molecule has 1 fully saturated rings. The van der Waals surface area contributed by atoms with Crippen LogP contribution in [0.2, 0.25) is 0 Å². The Hall–Kier alpha value is -4.80. The first-order valence-corrected chi connectivity index (χ1v) is 20.1. The number of nitrogens with zero attached hydrogens (tertiary/aromatic N) is 4. The molecule has 1 N–H and O–H groups in total. The van der Waals surface area contributed by atoms with E-state index in [0.717, 1.165) is 113 Å². The van der Waals surface area contributed by atoms with Gasteiger partial charge in [0, 0.05) is 72.8 Å². The van der Waals surface area contributed by atoms with Crippen molar-refractivity contribution in [3.05, 3.63) is 108 Å². The van der Waals surface area contributed by atoms with Crippen LogP contribution in [0.25, 0.3) is 27.2 Å². The van der Waals surface area contributed by atoms with Gasteiger partial charge in [-0.1, -0.05) is 77.1 Å². The number of halogens is 1. The third kappa shape index (κ3) is 9.28. The first-order valence-electron chi connectivity index (χ1n) is 19.0. The van der Waals surface area contributed by atoms with Crippen molar-refractivity contribution in [2.75, 3.05) is 75.2 Å². The Bertz CT molecular complexity index is 2060. The lowest BCUT2D eigenvalue weighted by Gasteiger charge is -2.28. The lowest BCUT2D eigenvalue weighted by Crippen LogP contribution is -2.36. The number of aryl methyl sites for hydroxylation is 2. The zero-order valence-electron chi connectivity index (χ0n) is 31.8. The lowest BCUT2D eigenvalue weighted by atomic mass is 9.98. The van der Waals surface area contributed by atoms with E-state index in [1.165, 1.54) is 5.69 Å². The van der Waals surface area contributed by atoms with Crippen molar-refractivity contribution in [2.45, 2.75) is 39.7 Å². The molecule has 5 aromatic rings. The summed E-state index contributed by atoms with van der Waals surface area (Å²) in [7, 11) is 1.96. The number of hydrogen-bond donors (Lipinski definition) is 1. The Balaban J connectivity index is 1.28. The van der Waals surface area contributed by atoms with Gasteiger partial charge in [-0.2, -0.15) is 5.10 Å². The predicted molar refractivity (Wildman–Crippen MR) is 227 cm³/mol. The van der Waals surface area contributed by atoms with Crippen LogP contribution < -0.4 is 15.0 Å². The number of allylic oxidation sites excluding steroid dienone is 1. The molecule has 0 atom stereocenters. The molecule has 2 heterocycles. The minimum Gasteiger partial charge on any atom is -0.493 e. The maximum Gasteiger partial charge on any atom is 0.355 e.